The van der Waals surface area contributed by atoms with E-state index in [4.69, 9.17) is 4.74 Å². The van der Waals surface area contributed by atoms with Crippen LogP contribution in [0.2, 0.25) is 0 Å². The highest BCUT2D eigenvalue weighted by Gasteiger charge is 2.47. The van der Waals surface area contributed by atoms with Crippen LogP contribution in [0.5, 0.6) is 5.75 Å². The van der Waals surface area contributed by atoms with Gasteiger partial charge in [-0.1, -0.05) is 42.5 Å². The van der Waals surface area contributed by atoms with Crippen molar-refractivity contribution in [2.75, 3.05) is 26.7 Å². The van der Waals surface area contributed by atoms with Gasteiger partial charge in [0.25, 0.3) is 0 Å². The molecule has 1 N–H and O–H groups in total. The molecule has 3 nitrogen and oxygen atoms in total. The fraction of sp³-hybridized carbons (Fsp3) is 0.478. The Morgan fingerprint density at radius 2 is 1.73 bits per heavy atom. The predicted octanol–water partition coefficient (Wildman–Crippen LogP) is 3.86. The number of aryl methyl sites for hydroxylation is 1. The van der Waals surface area contributed by atoms with Gasteiger partial charge in [0.05, 0.1) is 12.7 Å². The number of ether oxygens (including phenoxy) is 1. The van der Waals surface area contributed by atoms with Gasteiger partial charge in [-0.05, 0) is 68.0 Å². The molecule has 0 aromatic heterocycles. The summed E-state index contributed by atoms with van der Waals surface area (Å²) >= 11 is 0. The molecule has 3 aliphatic rings. The second-order valence-electron chi connectivity index (χ2n) is 7.88. The van der Waals surface area contributed by atoms with E-state index in [-0.39, 0.29) is 0 Å². The summed E-state index contributed by atoms with van der Waals surface area (Å²) in [5, 5.41) is 11.9. The molecule has 0 amide bonds. The van der Waals surface area contributed by atoms with Crippen LogP contribution in [0.1, 0.15) is 30.4 Å². The largest absolute Gasteiger partial charge is 0.497 e. The Bertz CT molecular complexity index is 707. The van der Waals surface area contributed by atoms with Gasteiger partial charge in [0.1, 0.15) is 5.75 Å². The maximum absolute atomic E-state index is 11.9. The van der Waals surface area contributed by atoms with Gasteiger partial charge in [-0.2, -0.15) is 0 Å². The Morgan fingerprint density at radius 1 is 1.04 bits per heavy atom. The van der Waals surface area contributed by atoms with Crippen molar-refractivity contribution >= 4 is 0 Å². The number of fused-ring (bicyclic) bond motifs is 3. The van der Waals surface area contributed by atoms with Gasteiger partial charge in [0.15, 0.2) is 0 Å². The molecule has 0 aliphatic carbocycles. The lowest BCUT2D eigenvalue weighted by Gasteiger charge is -2.51. The van der Waals surface area contributed by atoms with Gasteiger partial charge in [0, 0.05) is 12.5 Å². The maximum atomic E-state index is 11.9. The van der Waals surface area contributed by atoms with E-state index in [1.54, 1.807) is 7.11 Å². The lowest BCUT2D eigenvalue weighted by molar-refractivity contribution is -0.106. The van der Waals surface area contributed by atoms with Crippen LogP contribution >= 0.6 is 0 Å². The summed E-state index contributed by atoms with van der Waals surface area (Å²) in [6.45, 7) is 3.42. The van der Waals surface area contributed by atoms with E-state index in [2.05, 4.69) is 41.3 Å². The first-order valence-corrected chi connectivity index (χ1v) is 9.82. The number of methoxy groups -OCH3 is 1. The third-order valence-electron chi connectivity index (χ3n) is 6.50. The number of aliphatic hydroxyl groups is 1. The molecule has 2 aromatic rings. The molecule has 3 aliphatic heterocycles. The first kappa shape index (κ1) is 17.6. The molecule has 3 saturated heterocycles. The Hall–Kier alpha value is -1.84. The Labute approximate surface area is 156 Å². The number of hydrogen-bond acceptors (Lipinski definition) is 3. The second kappa shape index (κ2) is 7.42. The lowest BCUT2D eigenvalue weighted by atomic mass is 9.66. The van der Waals surface area contributed by atoms with Crippen molar-refractivity contribution < 1.29 is 9.84 Å². The molecule has 3 heterocycles. The van der Waals surface area contributed by atoms with Crippen LogP contribution in [-0.2, 0) is 12.0 Å². The number of nitrogens with zero attached hydrogens (tertiary/aromatic N) is 1. The van der Waals surface area contributed by atoms with Crippen LogP contribution in [0, 0.1) is 11.8 Å². The van der Waals surface area contributed by atoms with Crippen LogP contribution < -0.4 is 4.74 Å². The second-order valence-corrected chi connectivity index (χ2v) is 7.88. The van der Waals surface area contributed by atoms with Crippen molar-refractivity contribution in [1.29, 1.82) is 0 Å². The average molecular weight is 351 g/mol. The van der Waals surface area contributed by atoms with E-state index in [0.29, 0.717) is 11.8 Å². The summed E-state index contributed by atoms with van der Waals surface area (Å²) in [5.74, 6) is 1.84. The molecule has 2 unspecified atom stereocenters. The molecule has 5 rings (SSSR count). The fourth-order valence-electron chi connectivity index (χ4n) is 4.90. The number of benzene rings is 2. The quantitative estimate of drug-likeness (QED) is 0.858. The molecule has 0 radical (unpaired) electrons. The fourth-order valence-corrected chi connectivity index (χ4v) is 4.90. The Balaban J connectivity index is 1.58. The molecule has 2 atom stereocenters. The first-order chi connectivity index (χ1) is 12.7. The highest BCUT2D eigenvalue weighted by molar-refractivity contribution is 5.29. The molecule has 3 fully saturated rings. The molecule has 2 bridgehead atoms. The summed E-state index contributed by atoms with van der Waals surface area (Å²) in [6.07, 6.45) is 4.08. The van der Waals surface area contributed by atoms with E-state index in [0.717, 1.165) is 30.7 Å². The van der Waals surface area contributed by atoms with E-state index < -0.39 is 5.60 Å². The predicted molar refractivity (Wildman–Crippen MR) is 104 cm³/mol. The Kier molecular flexibility index (Phi) is 5.01. The van der Waals surface area contributed by atoms with Crippen molar-refractivity contribution in [1.82, 2.24) is 4.90 Å². The molecular formula is C23H29NO2. The summed E-state index contributed by atoms with van der Waals surface area (Å²) in [7, 11) is 1.69. The van der Waals surface area contributed by atoms with Gasteiger partial charge >= 0.3 is 0 Å². The average Bonchev–Trinajstić information content (AvgIpc) is 2.74. The Morgan fingerprint density at radius 3 is 2.31 bits per heavy atom. The number of hydrogen-bond donors (Lipinski definition) is 1. The van der Waals surface area contributed by atoms with Crippen molar-refractivity contribution in [2.24, 2.45) is 11.8 Å². The van der Waals surface area contributed by atoms with Crippen molar-refractivity contribution in [2.45, 2.75) is 31.3 Å². The molecular weight excluding hydrogens is 322 g/mol. The monoisotopic (exact) mass is 351 g/mol. The van der Waals surface area contributed by atoms with Gasteiger partial charge in [-0.25, -0.2) is 0 Å². The highest BCUT2D eigenvalue weighted by atomic mass is 16.5. The van der Waals surface area contributed by atoms with Crippen LogP contribution in [0.15, 0.2) is 54.6 Å². The summed E-state index contributed by atoms with van der Waals surface area (Å²) in [5.41, 5.74) is 1.57. The molecule has 0 saturated carbocycles. The highest BCUT2D eigenvalue weighted by Crippen LogP contribution is 2.45. The van der Waals surface area contributed by atoms with Gasteiger partial charge in [-0.3, -0.25) is 0 Å². The van der Waals surface area contributed by atoms with Crippen molar-refractivity contribution in [3.63, 3.8) is 0 Å². The topological polar surface area (TPSA) is 32.7 Å². The summed E-state index contributed by atoms with van der Waals surface area (Å²) in [6, 6.07) is 18.6. The van der Waals surface area contributed by atoms with Crippen LogP contribution in [0.3, 0.4) is 0 Å². The third kappa shape index (κ3) is 3.38. The smallest absolute Gasteiger partial charge is 0.118 e. The SMILES string of the molecule is COc1ccc(CCC(O)(c2ccccc2)C2CN3CCC2CC3)cc1. The van der Waals surface area contributed by atoms with E-state index in [1.807, 2.05) is 18.2 Å². The van der Waals surface area contributed by atoms with E-state index in [1.165, 1.54) is 31.5 Å². The summed E-state index contributed by atoms with van der Waals surface area (Å²) in [4.78, 5) is 2.53. The summed E-state index contributed by atoms with van der Waals surface area (Å²) < 4.78 is 5.26. The molecule has 3 heteroatoms. The number of rotatable bonds is 6. The molecule has 26 heavy (non-hydrogen) atoms. The minimum Gasteiger partial charge on any atom is -0.497 e. The zero-order valence-electron chi connectivity index (χ0n) is 15.6. The van der Waals surface area contributed by atoms with E-state index in [9.17, 15) is 5.11 Å². The van der Waals surface area contributed by atoms with Crippen LogP contribution in [0.25, 0.3) is 0 Å². The maximum Gasteiger partial charge on any atom is 0.118 e. The van der Waals surface area contributed by atoms with Gasteiger partial charge in [0.2, 0.25) is 0 Å². The zero-order valence-corrected chi connectivity index (χ0v) is 15.6. The number of piperidine rings is 3. The van der Waals surface area contributed by atoms with Crippen LogP contribution in [0.4, 0.5) is 0 Å². The third-order valence-corrected chi connectivity index (χ3v) is 6.50. The van der Waals surface area contributed by atoms with Crippen LogP contribution in [-0.4, -0.2) is 36.8 Å². The molecule has 138 valence electrons. The zero-order chi connectivity index (χ0) is 18.0. The molecule has 0 spiro atoms. The minimum absolute atomic E-state index is 0.325. The standard InChI is InChI=1S/C23H29NO2/c1-26-21-9-7-18(8-10-21)11-14-23(25,20-5-3-2-4-6-20)22-17-24-15-12-19(22)13-16-24/h2-10,19,22,25H,11-17H2,1H3. The first-order valence-electron chi connectivity index (χ1n) is 9.82. The minimum atomic E-state index is -0.759. The lowest BCUT2D eigenvalue weighted by Crippen LogP contribution is -2.55. The van der Waals surface area contributed by atoms with Crippen molar-refractivity contribution in [3.8, 4) is 5.75 Å². The van der Waals surface area contributed by atoms with Gasteiger partial charge < -0.3 is 14.7 Å². The normalized spacial score (nSPS) is 27.1. The van der Waals surface area contributed by atoms with Crippen molar-refractivity contribution in [3.05, 3.63) is 65.7 Å². The molecule has 2 aromatic carbocycles. The van der Waals surface area contributed by atoms with E-state index >= 15 is 0 Å². The van der Waals surface area contributed by atoms with Gasteiger partial charge in [-0.15, -0.1) is 0 Å².